The molecule has 0 aliphatic heterocycles. The molecule has 0 heterocycles. The maximum absolute atomic E-state index is 14.1. The minimum Gasteiger partial charge on any atom is -0.350 e. The molecule has 0 radical (unpaired) electrons. The molecule has 1 atom stereocenters. The molecule has 234 valence electrons. The number of sulfonamides is 1. The molecular formula is C35H49N3O4S. The van der Waals surface area contributed by atoms with E-state index in [9.17, 15) is 18.0 Å². The summed E-state index contributed by atoms with van der Waals surface area (Å²) in [6.07, 6.45) is 9.34. The van der Waals surface area contributed by atoms with Crippen LogP contribution in [0.1, 0.15) is 89.3 Å². The number of anilines is 1. The van der Waals surface area contributed by atoms with Crippen LogP contribution in [0.3, 0.4) is 0 Å². The van der Waals surface area contributed by atoms with Crippen molar-refractivity contribution in [3.05, 3.63) is 65.2 Å². The van der Waals surface area contributed by atoms with E-state index in [0.717, 1.165) is 35.1 Å². The average Bonchev–Trinajstić information content (AvgIpc) is 2.89. The van der Waals surface area contributed by atoms with Crippen molar-refractivity contribution >= 4 is 27.5 Å². The smallest absolute Gasteiger partial charge is 0.244 e. The Morgan fingerprint density at radius 1 is 0.977 bits per heavy atom. The molecule has 0 saturated heterocycles. The monoisotopic (exact) mass is 607 g/mol. The zero-order valence-electron chi connectivity index (χ0n) is 26.7. The Hall–Kier alpha value is -2.87. The molecule has 2 aromatic carbocycles. The van der Waals surface area contributed by atoms with Gasteiger partial charge in [-0.2, -0.15) is 0 Å². The first-order valence-corrected chi connectivity index (χ1v) is 17.8. The van der Waals surface area contributed by atoms with Crippen molar-refractivity contribution in [1.82, 2.24) is 10.2 Å². The number of hydrogen-bond donors (Lipinski definition) is 1. The standard InChI is InChI=1S/C35H49N3O4S/c1-7-31(33(40)36-34(3,4)5)37(22-25-10-8-9-24(2)15-25)32(39)23-38(43(6,41)42)30-13-11-29(12-14-30)35-19-26-16-27(20-35)18-28(17-26)21-35/h8-15,26-28,31H,7,16-23H2,1-6H3,(H,36,40). The fraction of sp³-hybridized carbons (Fsp3) is 0.600. The van der Waals surface area contributed by atoms with Crippen molar-refractivity contribution in [1.29, 1.82) is 0 Å². The average molecular weight is 608 g/mol. The third-order valence-electron chi connectivity index (χ3n) is 9.80. The minimum absolute atomic E-state index is 0.207. The summed E-state index contributed by atoms with van der Waals surface area (Å²) in [5.74, 6) is 1.79. The number of rotatable bonds is 10. The number of benzene rings is 2. The Labute approximate surface area is 258 Å². The summed E-state index contributed by atoms with van der Waals surface area (Å²) in [6.45, 7) is 9.41. The van der Waals surface area contributed by atoms with Crippen LogP contribution in [0, 0.1) is 24.7 Å². The zero-order chi connectivity index (χ0) is 31.2. The van der Waals surface area contributed by atoms with Crippen LogP contribution in [0.5, 0.6) is 0 Å². The quantitative estimate of drug-likeness (QED) is 0.362. The topological polar surface area (TPSA) is 86.8 Å². The van der Waals surface area contributed by atoms with E-state index in [1.54, 1.807) is 0 Å². The Balaban J connectivity index is 1.41. The first-order valence-electron chi connectivity index (χ1n) is 15.9. The van der Waals surface area contributed by atoms with Crippen LogP contribution in [-0.2, 0) is 31.6 Å². The molecule has 4 aliphatic carbocycles. The van der Waals surface area contributed by atoms with Crippen LogP contribution in [0.2, 0.25) is 0 Å². The molecule has 1 unspecified atom stereocenters. The second-order valence-corrected chi connectivity index (χ2v) is 16.6. The van der Waals surface area contributed by atoms with E-state index in [-0.39, 0.29) is 24.4 Å². The van der Waals surface area contributed by atoms with E-state index in [0.29, 0.717) is 12.1 Å². The molecule has 7 nitrogen and oxygen atoms in total. The zero-order valence-corrected chi connectivity index (χ0v) is 27.5. The first kappa shape index (κ1) is 31.6. The van der Waals surface area contributed by atoms with Gasteiger partial charge >= 0.3 is 0 Å². The third kappa shape index (κ3) is 7.11. The van der Waals surface area contributed by atoms with E-state index in [1.807, 2.05) is 71.0 Å². The molecule has 0 spiro atoms. The van der Waals surface area contributed by atoms with Crippen molar-refractivity contribution in [2.45, 2.75) is 103 Å². The Kier molecular flexibility index (Phi) is 8.73. The number of amides is 2. The molecule has 6 rings (SSSR count). The van der Waals surface area contributed by atoms with E-state index in [4.69, 9.17) is 0 Å². The highest BCUT2D eigenvalue weighted by Gasteiger charge is 2.51. The number of aryl methyl sites for hydroxylation is 1. The first-order chi connectivity index (χ1) is 20.2. The van der Waals surface area contributed by atoms with E-state index >= 15 is 0 Å². The molecule has 2 amide bonds. The van der Waals surface area contributed by atoms with Gasteiger partial charge in [0.25, 0.3) is 0 Å². The highest BCUT2D eigenvalue weighted by atomic mass is 32.2. The number of carbonyl (C=O) groups excluding carboxylic acids is 2. The fourth-order valence-electron chi connectivity index (χ4n) is 8.44. The van der Waals surface area contributed by atoms with Crippen molar-refractivity contribution < 1.29 is 18.0 Å². The highest BCUT2D eigenvalue weighted by molar-refractivity contribution is 7.92. The van der Waals surface area contributed by atoms with Crippen LogP contribution in [0.15, 0.2) is 48.5 Å². The van der Waals surface area contributed by atoms with Gasteiger partial charge < -0.3 is 10.2 Å². The van der Waals surface area contributed by atoms with E-state index in [2.05, 4.69) is 17.4 Å². The molecular weight excluding hydrogens is 558 g/mol. The summed E-state index contributed by atoms with van der Waals surface area (Å²) in [5.41, 5.74) is 3.46. The summed E-state index contributed by atoms with van der Waals surface area (Å²) in [4.78, 5) is 29.0. The van der Waals surface area contributed by atoms with E-state index < -0.39 is 27.5 Å². The van der Waals surface area contributed by atoms with Gasteiger partial charge in [-0.25, -0.2) is 8.42 Å². The van der Waals surface area contributed by atoms with E-state index in [1.165, 1.54) is 53.3 Å². The summed E-state index contributed by atoms with van der Waals surface area (Å²) in [5, 5.41) is 3.01. The maximum atomic E-state index is 14.1. The van der Waals surface area contributed by atoms with Crippen LogP contribution in [-0.4, -0.2) is 49.5 Å². The summed E-state index contributed by atoms with van der Waals surface area (Å²) in [6, 6.07) is 15.0. The fourth-order valence-corrected chi connectivity index (χ4v) is 9.29. The molecule has 2 aromatic rings. The van der Waals surface area contributed by atoms with Crippen LogP contribution in [0.4, 0.5) is 5.69 Å². The maximum Gasteiger partial charge on any atom is 0.244 e. The number of hydrogen-bond acceptors (Lipinski definition) is 4. The molecule has 43 heavy (non-hydrogen) atoms. The summed E-state index contributed by atoms with van der Waals surface area (Å²) >= 11 is 0. The Bertz CT molecular complexity index is 1410. The third-order valence-corrected chi connectivity index (χ3v) is 10.9. The van der Waals surface area contributed by atoms with Crippen molar-refractivity contribution in [3.63, 3.8) is 0 Å². The Morgan fingerprint density at radius 2 is 1.56 bits per heavy atom. The highest BCUT2D eigenvalue weighted by Crippen LogP contribution is 2.60. The van der Waals surface area contributed by atoms with Gasteiger partial charge in [-0.15, -0.1) is 0 Å². The number of nitrogens with one attached hydrogen (secondary N) is 1. The van der Waals surface area contributed by atoms with Crippen molar-refractivity contribution in [2.24, 2.45) is 17.8 Å². The second kappa shape index (κ2) is 11.9. The van der Waals surface area contributed by atoms with Crippen LogP contribution in [0.25, 0.3) is 0 Å². The lowest BCUT2D eigenvalue weighted by molar-refractivity contribution is -0.141. The SMILES string of the molecule is CCC(C(=O)NC(C)(C)C)N(Cc1cccc(C)c1)C(=O)CN(c1ccc(C23CC4CC(CC(C4)C2)C3)cc1)S(C)(=O)=O. The van der Waals surface area contributed by atoms with Gasteiger partial charge in [0.15, 0.2) is 0 Å². The minimum atomic E-state index is -3.78. The Morgan fingerprint density at radius 3 is 2.05 bits per heavy atom. The number of nitrogens with zero attached hydrogens (tertiary/aromatic N) is 2. The van der Waals surface area contributed by atoms with Gasteiger partial charge in [0.1, 0.15) is 12.6 Å². The van der Waals surface area contributed by atoms with Crippen molar-refractivity contribution in [3.8, 4) is 0 Å². The molecule has 4 bridgehead atoms. The van der Waals surface area contributed by atoms with Gasteiger partial charge in [-0.05, 0) is 119 Å². The molecule has 4 saturated carbocycles. The van der Waals surface area contributed by atoms with Crippen molar-refractivity contribution in [2.75, 3.05) is 17.1 Å². The predicted molar refractivity (Wildman–Crippen MR) is 172 cm³/mol. The molecule has 8 heteroatoms. The van der Waals surface area contributed by atoms with Crippen LogP contribution < -0.4 is 9.62 Å². The van der Waals surface area contributed by atoms with Crippen LogP contribution >= 0.6 is 0 Å². The second-order valence-electron chi connectivity index (χ2n) is 14.7. The molecule has 0 aromatic heterocycles. The van der Waals surface area contributed by atoms with Gasteiger partial charge in [-0.3, -0.25) is 13.9 Å². The summed E-state index contributed by atoms with van der Waals surface area (Å²) in [7, 11) is -3.78. The molecule has 1 N–H and O–H groups in total. The normalized spacial score (nSPS) is 25.3. The molecule has 4 fully saturated rings. The summed E-state index contributed by atoms with van der Waals surface area (Å²) < 4.78 is 27.5. The van der Waals surface area contributed by atoms with Gasteiger partial charge in [0, 0.05) is 12.1 Å². The van der Waals surface area contributed by atoms with Gasteiger partial charge in [0.2, 0.25) is 21.8 Å². The lowest BCUT2D eigenvalue weighted by Gasteiger charge is -2.57. The molecule has 4 aliphatic rings. The van der Waals surface area contributed by atoms with Gasteiger partial charge in [0.05, 0.1) is 11.9 Å². The predicted octanol–water partition coefficient (Wildman–Crippen LogP) is 5.95. The van der Waals surface area contributed by atoms with Gasteiger partial charge in [-0.1, -0.05) is 48.9 Å². The number of carbonyl (C=O) groups is 2. The lowest BCUT2D eigenvalue weighted by atomic mass is 9.48. The lowest BCUT2D eigenvalue weighted by Crippen LogP contribution is -2.55. The largest absolute Gasteiger partial charge is 0.350 e.